The molecule has 0 radical (unpaired) electrons. The summed E-state index contributed by atoms with van der Waals surface area (Å²) in [5.74, 6) is 4.74. The molecule has 3 heteroatoms. The highest BCUT2D eigenvalue weighted by Gasteiger charge is 2.21. The van der Waals surface area contributed by atoms with E-state index in [1.165, 1.54) is 18.4 Å². The normalized spacial score (nSPS) is 15.0. The van der Waals surface area contributed by atoms with Crippen molar-refractivity contribution in [2.75, 3.05) is 13.1 Å². The zero-order chi connectivity index (χ0) is 13.0. The van der Waals surface area contributed by atoms with Crippen molar-refractivity contribution in [3.63, 3.8) is 0 Å². The van der Waals surface area contributed by atoms with Crippen molar-refractivity contribution in [2.45, 2.75) is 45.8 Å². The Morgan fingerprint density at radius 1 is 1.56 bits per heavy atom. The van der Waals surface area contributed by atoms with Gasteiger partial charge in [0.2, 0.25) is 0 Å². The molecule has 0 atom stereocenters. The second-order valence-electron chi connectivity index (χ2n) is 4.96. The number of hydrogen-bond acceptors (Lipinski definition) is 3. The second kappa shape index (κ2) is 6.08. The third-order valence-corrected chi connectivity index (χ3v) is 3.37. The van der Waals surface area contributed by atoms with Crippen molar-refractivity contribution in [3.8, 4) is 12.3 Å². The number of nitrogens with zero attached hydrogens (tertiary/aromatic N) is 1. The van der Waals surface area contributed by atoms with Crippen LogP contribution in [0.5, 0.6) is 0 Å². The third-order valence-electron chi connectivity index (χ3n) is 3.37. The van der Waals surface area contributed by atoms with Gasteiger partial charge in [-0.15, -0.1) is 6.42 Å². The maximum absolute atomic E-state index is 5.78. The van der Waals surface area contributed by atoms with Crippen LogP contribution in [0, 0.1) is 19.3 Å². The Morgan fingerprint density at radius 3 is 2.94 bits per heavy atom. The Kier molecular flexibility index (Phi) is 4.46. The molecule has 3 nitrogen and oxygen atoms in total. The van der Waals surface area contributed by atoms with Gasteiger partial charge >= 0.3 is 0 Å². The van der Waals surface area contributed by atoms with Crippen molar-refractivity contribution in [1.29, 1.82) is 0 Å². The molecule has 0 saturated heterocycles. The van der Waals surface area contributed by atoms with E-state index >= 15 is 0 Å². The molecule has 18 heavy (non-hydrogen) atoms. The first-order valence-electron chi connectivity index (χ1n) is 6.70. The van der Waals surface area contributed by atoms with Gasteiger partial charge in [0.15, 0.2) is 0 Å². The summed E-state index contributed by atoms with van der Waals surface area (Å²) in [5, 5.41) is 3.47. The molecule has 1 aliphatic rings. The van der Waals surface area contributed by atoms with E-state index in [1.807, 2.05) is 6.92 Å². The first-order valence-corrected chi connectivity index (χ1v) is 6.70. The Balaban J connectivity index is 1.92. The van der Waals surface area contributed by atoms with Crippen LogP contribution in [-0.2, 0) is 13.1 Å². The fourth-order valence-corrected chi connectivity index (χ4v) is 2.01. The Morgan fingerprint density at radius 2 is 2.33 bits per heavy atom. The monoisotopic (exact) mass is 246 g/mol. The summed E-state index contributed by atoms with van der Waals surface area (Å²) in [7, 11) is 0. The maximum Gasteiger partial charge on any atom is 0.118 e. The van der Waals surface area contributed by atoms with Crippen LogP contribution in [0.1, 0.15) is 36.8 Å². The van der Waals surface area contributed by atoms with E-state index < -0.39 is 0 Å². The molecular weight excluding hydrogens is 224 g/mol. The average Bonchev–Trinajstić information content (AvgIpc) is 3.12. The van der Waals surface area contributed by atoms with Crippen molar-refractivity contribution >= 4 is 0 Å². The molecule has 98 valence electrons. The van der Waals surface area contributed by atoms with Crippen molar-refractivity contribution in [3.05, 3.63) is 23.2 Å². The van der Waals surface area contributed by atoms with Gasteiger partial charge in [0, 0.05) is 18.2 Å². The zero-order valence-corrected chi connectivity index (χ0v) is 11.3. The lowest BCUT2D eigenvalue weighted by molar-refractivity contribution is 0.313. The highest BCUT2D eigenvalue weighted by Crippen LogP contribution is 2.21. The molecule has 0 aromatic carbocycles. The first kappa shape index (κ1) is 13.2. The van der Waals surface area contributed by atoms with Crippen LogP contribution in [0.2, 0.25) is 0 Å². The number of aryl methyl sites for hydroxylation is 1. The number of rotatable bonds is 7. The van der Waals surface area contributed by atoms with E-state index in [1.54, 1.807) is 0 Å². The van der Waals surface area contributed by atoms with Crippen molar-refractivity contribution in [1.82, 2.24) is 10.2 Å². The minimum atomic E-state index is 0.691. The Bertz CT molecular complexity index is 426. The van der Waals surface area contributed by atoms with E-state index in [0.717, 1.165) is 31.2 Å². The molecule has 1 fully saturated rings. The average molecular weight is 246 g/mol. The quantitative estimate of drug-likeness (QED) is 0.748. The summed E-state index contributed by atoms with van der Waals surface area (Å²) < 4.78 is 5.78. The molecule has 1 saturated carbocycles. The first-order chi connectivity index (χ1) is 8.72. The molecule has 0 amide bonds. The summed E-state index contributed by atoms with van der Waals surface area (Å²) in [6.45, 7) is 7.52. The van der Waals surface area contributed by atoms with Gasteiger partial charge in [-0.1, -0.05) is 12.8 Å². The summed E-state index contributed by atoms with van der Waals surface area (Å²) in [6, 6.07) is 2.87. The lowest BCUT2D eigenvalue weighted by atomic mass is 10.2. The summed E-state index contributed by atoms with van der Waals surface area (Å²) >= 11 is 0. The predicted molar refractivity (Wildman–Crippen MR) is 73.1 cm³/mol. The van der Waals surface area contributed by atoms with Crippen molar-refractivity contribution < 1.29 is 4.42 Å². The fourth-order valence-electron chi connectivity index (χ4n) is 2.01. The van der Waals surface area contributed by atoms with Crippen LogP contribution in [-0.4, -0.2) is 24.0 Å². The lowest BCUT2D eigenvalue weighted by Crippen LogP contribution is -2.23. The molecule has 0 unspecified atom stereocenters. The molecule has 0 spiro atoms. The van der Waals surface area contributed by atoms with Crippen LogP contribution < -0.4 is 5.32 Å². The van der Waals surface area contributed by atoms with Crippen LogP contribution in [0.15, 0.2) is 10.5 Å². The highest BCUT2D eigenvalue weighted by molar-refractivity contribution is 5.21. The highest BCUT2D eigenvalue weighted by atomic mass is 16.3. The van der Waals surface area contributed by atoms with E-state index in [9.17, 15) is 0 Å². The van der Waals surface area contributed by atoms with Gasteiger partial charge in [0.05, 0.1) is 13.1 Å². The van der Waals surface area contributed by atoms with E-state index in [0.29, 0.717) is 12.6 Å². The summed E-state index contributed by atoms with van der Waals surface area (Å²) in [5.41, 5.74) is 1.25. The van der Waals surface area contributed by atoms with E-state index in [2.05, 4.69) is 29.1 Å². The topological polar surface area (TPSA) is 28.4 Å². The van der Waals surface area contributed by atoms with Crippen LogP contribution in [0.3, 0.4) is 0 Å². The maximum atomic E-state index is 5.78. The van der Waals surface area contributed by atoms with Crippen molar-refractivity contribution in [2.24, 2.45) is 0 Å². The van der Waals surface area contributed by atoms with Gasteiger partial charge in [-0.05, 0) is 32.4 Å². The standard InChI is InChI=1S/C15H22N2O/c1-4-8-17(5-2)11-13-9-15(18-12(13)3)10-16-14-6-7-14/h1,9,14,16H,5-8,10-11H2,2-3H3. The van der Waals surface area contributed by atoms with Gasteiger partial charge in [-0.25, -0.2) is 0 Å². The zero-order valence-electron chi connectivity index (χ0n) is 11.3. The number of nitrogens with one attached hydrogen (secondary N) is 1. The minimum absolute atomic E-state index is 0.691. The minimum Gasteiger partial charge on any atom is -0.465 e. The second-order valence-corrected chi connectivity index (χ2v) is 4.96. The van der Waals surface area contributed by atoms with Crippen LogP contribution >= 0.6 is 0 Å². The number of hydrogen-bond donors (Lipinski definition) is 1. The van der Waals surface area contributed by atoms with E-state index in [-0.39, 0.29) is 0 Å². The number of terminal acetylenes is 1. The van der Waals surface area contributed by atoms with Crippen LogP contribution in [0.25, 0.3) is 0 Å². The van der Waals surface area contributed by atoms with Gasteiger partial charge in [-0.3, -0.25) is 4.90 Å². The molecule has 1 aromatic rings. The SMILES string of the molecule is C#CCN(CC)Cc1cc(CNC2CC2)oc1C. The lowest BCUT2D eigenvalue weighted by Gasteiger charge is -2.16. The fraction of sp³-hybridized carbons (Fsp3) is 0.600. The molecule has 1 N–H and O–H groups in total. The third kappa shape index (κ3) is 3.63. The molecular formula is C15H22N2O. The molecule has 1 aliphatic carbocycles. The molecule has 0 aliphatic heterocycles. The molecule has 2 rings (SSSR count). The van der Waals surface area contributed by atoms with Gasteiger partial charge in [-0.2, -0.15) is 0 Å². The summed E-state index contributed by atoms with van der Waals surface area (Å²) in [6.07, 6.45) is 7.97. The predicted octanol–water partition coefficient (Wildman–Crippen LogP) is 2.30. The summed E-state index contributed by atoms with van der Waals surface area (Å²) in [4.78, 5) is 2.23. The van der Waals surface area contributed by atoms with E-state index in [4.69, 9.17) is 10.8 Å². The largest absolute Gasteiger partial charge is 0.465 e. The molecule has 0 bridgehead atoms. The number of furan rings is 1. The molecule has 1 heterocycles. The Hall–Kier alpha value is -1.24. The van der Waals surface area contributed by atoms with Gasteiger partial charge < -0.3 is 9.73 Å². The van der Waals surface area contributed by atoms with Crippen LogP contribution in [0.4, 0.5) is 0 Å². The van der Waals surface area contributed by atoms with Gasteiger partial charge in [0.25, 0.3) is 0 Å². The Labute approximate surface area is 110 Å². The molecule has 1 aromatic heterocycles. The smallest absolute Gasteiger partial charge is 0.118 e. The van der Waals surface area contributed by atoms with Gasteiger partial charge in [0.1, 0.15) is 11.5 Å².